The van der Waals surface area contributed by atoms with Crippen LogP contribution in [0.5, 0.6) is 5.75 Å². The average Bonchev–Trinajstić information content (AvgIpc) is 2.61. The van der Waals surface area contributed by atoms with Crippen LogP contribution >= 0.6 is 11.3 Å². The molecule has 0 spiro atoms. The largest absolute Gasteiger partial charge is 0.508 e. The molecule has 0 aromatic heterocycles. The van der Waals surface area contributed by atoms with Crippen LogP contribution in [0.15, 0.2) is 47.3 Å². The Morgan fingerprint density at radius 2 is 1.84 bits per heavy atom. The van der Waals surface area contributed by atoms with Gasteiger partial charge in [0.05, 0.1) is 20.8 Å². The molecule has 25 heavy (non-hydrogen) atoms. The van der Waals surface area contributed by atoms with E-state index in [1.165, 1.54) is 11.8 Å². The van der Waals surface area contributed by atoms with Crippen molar-refractivity contribution in [2.45, 2.75) is 13.8 Å². The molecule has 126 valence electrons. The van der Waals surface area contributed by atoms with Crippen molar-refractivity contribution in [1.29, 1.82) is 0 Å². The average molecular weight is 350 g/mol. The van der Waals surface area contributed by atoms with Crippen molar-refractivity contribution >= 4 is 38.0 Å². The minimum absolute atomic E-state index is 0.0873. The third kappa shape index (κ3) is 2.61. The van der Waals surface area contributed by atoms with E-state index in [0.717, 1.165) is 39.3 Å². The number of fused-ring (bicyclic) bond motifs is 4. The number of phenolic OH excluding ortho intramolecular Hbond substituents is 1. The van der Waals surface area contributed by atoms with Gasteiger partial charge in [-0.05, 0) is 50.2 Å². The second kappa shape index (κ2) is 6.01. The molecule has 0 saturated heterocycles. The van der Waals surface area contributed by atoms with Crippen molar-refractivity contribution in [3.8, 4) is 16.3 Å². The van der Waals surface area contributed by atoms with Crippen LogP contribution in [-0.2, 0) is 0 Å². The minimum atomic E-state index is -0.0873. The molecule has 0 unspecified atom stereocenters. The molecule has 1 aliphatic carbocycles. The number of aromatic nitrogens is 1. The lowest BCUT2D eigenvalue weighted by molar-refractivity contribution is 0.476. The summed E-state index contributed by atoms with van der Waals surface area (Å²) in [4.78, 5) is 20.4. The van der Waals surface area contributed by atoms with Crippen molar-refractivity contribution in [2.24, 2.45) is 0 Å². The first-order valence-electron chi connectivity index (χ1n) is 8.36. The predicted molar refractivity (Wildman–Crippen MR) is 105 cm³/mol. The Labute approximate surface area is 149 Å². The molecular formula is C20H18N2O2S. The lowest BCUT2D eigenvalue weighted by Crippen LogP contribution is -2.21. The molecule has 4 rings (SSSR count). The maximum absolute atomic E-state index is 12.4. The molecular weight excluding hydrogens is 332 g/mol. The summed E-state index contributed by atoms with van der Waals surface area (Å²) < 4.78 is 1.06. The third-order valence-corrected chi connectivity index (χ3v) is 5.62. The van der Waals surface area contributed by atoms with Crippen LogP contribution in [0.25, 0.3) is 31.6 Å². The zero-order valence-corrected chi connectivity index (χ0v) is 14.9. The SMILES string of the molecule is CCN(CC)c1ccc2nc3c4ccc(O)cc4c(=O)cc-3sc2c1. The normalized spacial score (nSPS) is 11.4. The molecule has 5 heteroatoms. The second-order valence-corrected chi connectivity index (χ2v) is 7.07. The van der Waals surface area contributed by atoms with E-state index in [-0.39, 0.29) is 11.2 Å². The maximum Gasteiger partial charge on any atom is 0.188 e. The topological polar surface area (TPSA) is 53.4 Å². The van der Waals surface area contributed by atoms with Crippen LogP contribution in [0.2, 0.25) is 0 Å². The standard InChI is InChI=1S/C20H18N2O2S/c1-3-22(4-2)12-5-8-16-18(9-12)25-19-11-17(24)15-10-13(23)6-7-14(15)20(19)21-16/h5-11,23H,3-4H2,1-2H3. The summed E-state index contributed by atoms with van der Waals surface area (Å²) in [5.41, 5.74) is 2.81. The van der Waals surface area contributed by atoms with Crippen LogP contribution in [0.4, 0.5) is 5.69 Å². The second-order valence-electron chi connectivity index (χ2n) is 5.99. The summed E-state index contributed by atoms with van der Waals surface area (Å²) in [7, 11) is 0. The number of aromatic hydroxyl groups is 1. The molecule has 2 aromatic carbocycles. The molecule has 0 amide bonds. The fraction of sp³-hybridized carbons (Fsp3) is 0.200. The first-order valence-corrected chi connectivity index (χ1v) is 9.17. The van der Waals surface area contributed by atoms with Gasteiger partial charge in [-0.15, -0.1) is 11.3 Å². The summed E-state index contributed by atoms with van der Waals surface area (Å²) in [5.74, 6) is 0.0947. The van der Waals surface area contributed by atoms with Gasteiger partial charge in [0.1, 0.15) is 5.75 Å². The maximum atomic E-state index is 12.4. The van der Waals surface area contributed by atoms with Crippen LogP contribution in [-0.4, -0.2) is 23.2 Å². The number of rotatable bonds is 3. The van der Waals surface area contributed by atoms with Crippen LogP contribution in [0.1, 0.15) is 13.8 Å². The smallest absolute Gasteiger partial charge is 0.188 e. The van der Waals surface area contributed by atoms with E-state index in [1.807, 2.05) is 6.07 Å². The van der Waals surface area contributed by atoms with Crippen molar-refractivity contribution in [1.82, 2.24) is 4.98 Å². The summed E-state index contributed by atoms with van der Waals surface area (Å²) in [6.07, 6.45) is 0. The van der Waals surface area contributed by atoms with Crippen molar-refractivity contribution < 1.29 is 5.11 Å². The Morgan fingerprint density at radius 3 is 2.60 bits per heavy atom. The number of phenols is 1. The van der Waals surface area contributed by atoms with Crippen molar-refractivity contribution in [2.75, 3.05) is 18.0 Å². The minimum Gasteiger partial charge on any atom is -0.508 e. The number of hydrogen-bond acceptors (Lipinski definition) is 5. The van der Waals surface area contributed by atoms with Gasteiger partial charge in [-0.2, -0.15) is 0 Å². The lowest BCUT2D eigenvalue weighted by atomic mass is 10.1. The summed E-state index contributed by atoms with van der Waals surface area (Å²) >= 11 is 1.59. The van der Waals surface area contributed by atoms with Crippen LogP contribution < -0.4 is 10.3 Å². The number of anilines is 1. The molecule has 0 radical (unpaired) electrons. The van der Waals surface area contributed by atoms with E-state index < -0.39 is 0 Å². The molecule has 0 saturated carbocycles. The Kier molecular flexibility index (Phi) is 3.81. The van der Waals surface area contributed by atoms with Crippen LogP contribution in [0, 0.1) is 0 Å². The lowest BCUT2D eigenvalue weighted by Gasteiger charge is -2.21. The summed E-state index contributed by atoms with van der Waals surface area (Å²) in [5, 5.41) is 11.0. The van der Waals surface area contributed by atoms with Gasteiger partial charge in [-0.25, -0.2) is 4.98 Å². The predicted octanol–water partition coefficient (Wildman–Crippen LogP) is 4.47. The fourth-order valence-electron chi connectivity index (χ4n) is 3.23. The highest BCUT2D eigenvalue weighted by Crippen LogP contribution is 2.36. The van der Waals surface area contributed by atoms with E-state index in [0.29, 0.717) is 5.39 Å². The molecule has 4 nitrogen and oxygen atoms in total. The Balaban J connectivity index is 2.02. The van der Waals surface area contributed by atoms with E-state index in [4.69, 9.17) is 4.98 Å². The third-order valence-electron chi connectivity index (χ3n) is 4.54. The molecule has 0 bridgehead atoms. The number of benzene rings is 3. The van der Waals surface area contributed by atoms with E-state index >= 15 is 0 Å². The zero-order valence-electron chi connectivity index (χ0n) is 14.1. The quantitative estimate of drug-likeness (QED) is 0.438. The van der Waals surface area contributed by atoms with Crippen molar-refractivity contribution in [3.63, 3.8) is 0 Å². The highest BCUT2D eigenvalue weighted by Gasteiger charge is 2.15. The Bertz CT molecular complexity index is 1120. The molecule has 2 aliphatic rings. The molecule has 0 atom stereocenters. The number of hydrogen-bond donors (Lipinski definition) is 1. The Morgan fingerprint density at radius 1 is 1.04 bits per heavy atom. The van der Waals surface area contributed by atoms with Gasteiger partial charge in [-0.3, -0.25) is 4.79 Å². The van der Waals surface area contributed by atoms with Gasteiger partial charge in [0.15, 0.2) is 5.43 Å². The fourth-order valence-corrected chi connectivity index (χ4v) is 4.29. The summed E-state index contributed by atoms with van der Waals surface area (Å²) in [6, 6.07) is 12.8. The van der Waals surface area contributed by atoms with E-state index in [1.54, 1.807) is 29.5 Å². The highest BCUT2D eigenvalue weighted by molar-refractivity contribution is 7.21. The first kappa shape index (κ1) is 15.8. The van der Waals surface area contributed by atoms with Gasteiger partial charge >= 0.3 is 0 Å². The molecule has 1 aliphatic heterocycles. The van der Waals surface area contributed by atoms with Gasteiger partial charge in [0.2, 0.25) is 0 Å². The van der Waals surface area contributed by atoms with Gasteiger partial charge < -0.3 is 10.0 Å². The monoisotopic (exact) mass is 350 g/mol. The van der Waals surface area contributed by atoms with E-state index in [2.05, 4.69) is 30.9 Å². The van der Waals surface area contributed by atoms with Gasteiger partial charge in [0, 0.05) is 35.6 Å². The molecule has 1 N–H and O–H groups in total. The van der Waals surface area contributed by atoms with Gasteiger partial charge in [-0.1, -0.05) is 0 Å². The highest BCUT2D eigenvalue weighted by atomic mass is 32.1. The zero-order chi connectivity index (χ0) is 17.6. The van der Waals surface area contributed by atoms with Crippen molar-refractivity contribution in [3.05, 3.63) is 52.7 Å². The summed E-state index contributed by atoms with van der Waals surface area (Å²) in [6.45, 7) is 6.18. The molecule has 2 aromatic rings. The van der Waals surface area contributed by atoms with Crippen LogP contribution in [0.3, 0.4) is 0 Å². The Hall–Kier alpha value is -2.66. The van der Waals surface area contributed by atoms with Gasteiger partial charge in [0.25, 0.3) is 0 Å². The van der Waals surface area contributed by atoms with E-state index in [9.17, 15) is 9.90 Å². The first-order chi connectivity index (χ1) is 12.1. The molecule has 1 heterocycles. The number of nitrogens with zero attached hydrogens (tertiary/aromatic N) is 2. The molecule has 0 fully saturated rings.